The summed E-state index contributed by atoms with van der Waals surface area (Å²) >= 11 is 6.21. The van der Waals surface area contributed by atoms with E-state index in [9.17, 15) is 10.1 Å². The van der Waals surface area contributed by atoms with E-state index in [1.165, 1.54) is 6.07 Å². The number of alkyl halides is 1. The normalized spacial score (nSPS) is 14.0. The predicted molar refractivity (Wildman–Crippen MR) is 72.6 cm³/mol. The molecule has 2 atom stereocenters. The largest absolute Gasteiger partial charge is 0.487 e. The quantitative estimate of drug-likeness (QED) is 0.444. The number of hydrogen-bond donors (Lipinski definition) is 0. The predicted octanol–water partition coefficient (Wildman–Crippen LogP) is 4.11. The van der Waals surface area contributed by atoms with Crippen LogP contribution in [0.5, 0.6) is 5.75 Å². The molecule has 0 aliphatic carbocycles. The van der Waals surface area contributed by atoms with E-state index in [1.807, 2.05) is 13.8 Å². The zero-order valence-electron chi connectivity index (χ0n) is 10.9. The van der Waals surface area contributed by atoms with Crippen molar-refractivity contribution < 1.29 is 9.66 Å². The van der Waals surface area contributed by atoms with E-state index < -0.39 is 4.92 Å². The lowest BCUT2D eigenvalue weighted by atomic mass is 9.95. The van der Waals surface area contributed by atoms with Gasteiger partial charge in [-0.3, -0.25) is 10.1 Å². The molecule has 5 heteroatoms. The van der Waals surface area contributed by atoms with E-state index in [0.717, 1.165) is 12.0 Å². The van der Waals surface area contributed by atoms with Gasteiger partial charge < -0.3 is 4.74 Å². The Morgan fingerprint density at radius 2 is 2.11 bits per heavy atom. The standard InChI is InChI=1S/C13H18ClNO3/c1-4-11(14)9(3)10-6-7-12(15(16)17)13(8-10)18-5-2/h6-9,11H,4-5H2,1-3H3. The highest BCUT2D eigenvalue weighted by Crippen LogP contribution is 2.33. The van der Waals surface area contributed by atoms with Crippen LogP contribution in [0.2, 0.25) is 0 Å². The van der Waals surface area contributed by atoms with E-state index in [2.05, 4.69) is 0 Å². The summed E-state index contributed by atoms with van der Waals surface area (Å²) in [6.07, 6.45) is 0.851. The lowest BCUT2D eigenvalue weighted by Gasteiger charge is -2.17. The van der Waals surface area contributed by atoms with Gasteiger partial charge in [-0.15, -0.1) is 11.6 Å². The first-order valence-electron chi connectivity index (χ1n) is 6.06. The minimum Gasteiger partial charge on any atom is -0.487 e. The fraction of sp³-hybridized carbons (Fsp3) is 0.538. The van der Waals surface area contributed by atoms with Crippen molar-refractivity contribution in [3.63, 3.8) is 0 Å². The van der Waals surface area contributed by atoms with Crippen LogP contribution in [0.4, 0.5) is 5.69 Å². The Bertz CT molecular complexity index is 423. The molecule has 0 fully saturated rings. The maximum Gasteiger partial charge on any atom is 0.310 e. The summed E-state index contributed by atoms with van der Waals surface area (Å²) in [5, 5.41) is 10.9. The second-order valence-corrected chi connectivity index (χ2v) is 4.69. The number of benzene rings is 1. The van der Waals surface area contributed by atoms with Crippen LogP contribution in [-0.4, -0.2) is 16.9 Å². The second-order valence-electron chi connectivity index (χ2n) is 4.13. The Morgan fingerprint density at radius 3 is 2.61 bits per heavy atom. The van der Waals surface area contributed by atoms with Gasteiger partial charge in [-0.05, 0) is 30.9 Å². The van der Waals surface area contributed by atoms with Crippen LogP contribution in [0.15, 0.2) is 18.2 Å². The van der Waals surface area contributed by atoms with Crippen LogP contribution in [0.1, 0.15) is 38.7 Å². The van der Waals surface area contributed by atoms with E-state index >= 15 is 0 Å². The fourth-order valence-corrected chi connectivity index (χ4v) is 1.94. The zero-order chi connectivity index (χ0) is 13.7. The summed E-state index contributed by atoms with van der Waals surface area (Å²) in [6, 6.07) is 4.95. The molecule has 18 heavy (non-hydrogen) atoms. The maximum atomic E-state index is 10.9. The van der Waals surface area contributed by atoms with Crippen LogP contribution in [0.3, 0.4) is 0 Å². The van der Waals surface area contributed by atoms with Crippen LogP contribution >= 0.6 is 11.6 Å². The van der Waals surface area contributed by atoms with E-state index in [0.29, 0.717) is 12.4 Å². The zero-order valence-corrected chi connectivity index (χ0v) is 11.6. The SMILES string of the molecule is CCOc1cc(C(C)C(Cl)CC)ccc1[N+](=O)[O-]. The van der Waals surface area contributed by atoms with Crippen molar-refractivity contribution in [3.05, 3.63) is 33.9 Å². The third-order valence-electron chi connectivity index (χ3n) is 2.94. The summed E-state index contributed by atoms with van der Waals surface area (Å²) in [7, 11) is 0. The number of halogens is 1. The van der Waals surface area contributed by atoms with Gasteiger partial charge in [0.15, 0.2) is 5.75 Å². The average molecular weight is 272 g/mol. The summed E-state index contributed by atoms with van der Waals surface area (Å²) in [4.78, 5) is 10.4. The van der Waals surface area contributed by atoms with Gasteiger partial charge in [0.05, 0.1) is 11.5 Å². The van der Waals surface area contributed by atoms with Crippen molar-refractivity contribution in [1.82, 2.24) is 0 Å². The number of nitrogens with zero attached hydrogens (tertiary/aromatic N) is 1. The summed E-state index contributed by atoms with van der Waals surface area (Å²) < 4.78 is 5.32. The van der Waals surface area contributed by atoms with Crippen LogP contribution in [0.25, 0.3) is 0 Å². The fourth-order valence-electron chi connectivity index (χ4n) is 1.80. The Hall–Kier alpha value is -1.29. The number of nitro groups is 1. The van der Waals surface area contributed by atoms with Crippen LogP contribution in [-0.2, 0) is 0 Å². The van der Waals surface area contributed by atoms with Gasteiger partial charge in [-0.1, -0.05) is 19.9 Å². The van der Waals surface area contributed by atoms with Gasteiger partial charge in [0.1, 0.15) is 0 Å². The second kappa shape index (κ2) is 6.59. The Balaban J connectivity index is 3.10. The molecule has 0 saturated heterocycles. The van der Waals surface area contributed by atoms with Gasteiger partial charge >= 0.3 is 5.69 Å². The van der Waals surface area contributed by atoms with Gasteiger partial charge in [0.25, 0.3) is 0 Å². The highest BCUT2D eigenvalue weighted by Gasteiger charge is 2.20. The lowest BCUT2D eigenvalue weighted by molar-refractivity contribution is -0.385. The maximum absolute atomic E-state index is 10.9. The van der Waals surface area contributed by atoms with Crippen molar-refractivity contribution in [2.24, 2.45) is 0 Å². The Labute approximate surface area is 112 Å². The molecule has 0 aromatic heterocycles. The molecule has 1 aromatic rings. The van der Waals surface area contributed by atoms with Crippen molar-refractivity contribution in [2.45, 2.75) is 38.5 Å². The van der Waals surface area contributed by atoms with Crippen molar-refractivity contribution in [2.75, 3.05) is 6.61 Å². The van der Waals surface area contributed by atoms with E-state index in [4.69, 9.17) is 16.3 Å². The molecule has 100 valence electrons. The Kier molecular flexibility index (Phi) is 5.41. The molecule has 4 nitrogen and oxygen atoms in total. The first kappa shape index (κ1) is 14.8. The molecule has 0 N–H and O–H groups in total. The summed E-state index contributed by atoms with van der Waals surface area (Å²) in [6.45, 7) is 6.23. The molecule has 0 heterocycles. The molecular formula is C13H18ClNO3. The molecule has 0 aliphatic heterocycles. The highest BCUT2D eigenvalue weighted by molar-refractivity contribution is 6.21. The molecule has 1 aromatic carbocycles. The first-order chi connectivity index (χ1) is 8.51. The molecule has 0 saturated carbocycles. The van der Waals surface area contributed by atoms with Gasteiger partial charge in [-0.2, -0.15) is 0 Å². The van der Waals surface area contributed by atoms with E-state index in [1.54, 1.807) is 19.1 Å². The number of nitro benzene ring substituents is 1. The van der Waals surface area contributed by atoms with Crippen molar-refractivity contribution in [1.29, 1.82) is 0 Å². The molecule has 2 unspecified atom stereocenters. The molecular weight excluding hydrogens is 254 g/mol. The number of ether oxygens (including phenoxy) is 1. The third kappa shape index (κ3) is 3.35. The number of hydrogen-bond acceptors (Lipinski definition) is 3. The van der Waals surface area contributed by atoms with Crippen molar-refractivity contribution in [3.8, 4) is 5.75 Å². The Morgan fingerprint density at radius 1 is 1.44 bits per heavy atom. The molecule has 1 rings (SSSR count). The minimum atomic E-state index is -0.433. The van der Waals surface area contributed by atoms with Crippen LogP contribution < -0.4 is 4.74 Å². The molecule has 0 spiro atoms. The third-order valence-corrected chi connectivity index (χ3v) is 3.63. The highest BCUT2D eigenvalue weighted by atomic mass is 35.5. The average Bonchev–Trinajstić information content (AvgIpc) is 2.37. The van der Waals surface area contributed by atoms with Crippen LogP contribution in [0, 0.1) is 10.1 Å². The van der Waals surface area contributed by atoms with Gasteiger partial charge in [0, 0.05) is 11.4 Å². The molecule has 0 radical (unpaired) electrons. The topological polar surface area (TPSA) is 52.4 Å². The molecule has 0 bridgehead atoms. The van der Waals surface area contributed by atoms with Crippen molar-refractivity contribution >= 4 is 17.3 Å². The summed E-state index contributed by atoms with van der Waals surface area (Å²) in [5.74, 6) is 0.448. The summed E-state index contributed by atoms with van der Waals surface area (Å²) in [5.41, 5.74) is 0.960. The van der Waals surface area contributed by atoms with Gasteiger partial charge in [-0.25, -0.2) is 0 Å². The van der Waals surface area contributed by atoms with E-state index in [-0.39, 0.29) is 17.0 Å². The smallest absolute Gasteiger partial charge is 0.310 e. The first-order valence-corrected chi connectivity index (χ1v) is 6.50. The molecule has 0 amide bonds. The number of rotatable bonds is 6. The molecule has 0 aliphatic rings. The monoisotopic (exact) mass is 271 g/mol. The lowest BCUT2D eigenvalue weighted by Crippen LogP contribution is -2.09. The van der Waals surface area contributed by atoms with Gasteiger partial charge in [0.2, 0.25) is 0 Å². The minimum absolute atomic E-state index is 0.00424.